The molecule has 4 saturated heterocycles. The summed E-state index contributed by atoms with van der Waals surface area (Å²) in [5.74, 6) is -0.621. The molecule has 0 amide bonds. The lowest BCUT2D eigenvalue weighted by Crippen LogP contribution is -2.64. The molecule has 4 rings (SSSR count). The Labute approximate surface area is 300 Å². The van der Waals surface area contributed by atoms with Crippen LogP contribution >= 0.6 is 0 Å². The molecule has 4 aliphatic heterocycles. The maximum atomic E-state index is 11.0. The SMILES string of the molecule is CCCO[C@H]1O[C@H](CO)[C@@H](O)[C@H](O)[C@@H]1O.CCCO[C@H]1O[C@H](CO[C@H]2O[C@H](CO)[C@@H](O)[C@H](O)[C@@H]2O)[C@@H](O)[C@H](O[C@H]2O[C@H](CO)[C@@H](C)[C@H](O)[C@@H]2O)[C@@H]1O. The van der Waals surface area contributed by atoms with Gasteiger partial charge in [0.25, 0.3) is 0 Å². The Kier molecular flexibility index (Phi) is 18.8. The van der Waals surface area contributed by atoms with Gasteiger partial charge in [0.05, 0.1) is 38.6 Å². The number of hydrogen-bond acceptors (Lipinski definition) is 21. The lowest BCUT2D eigenvalue weighted by atomic mass is 9.91. The normalized spacial score (nSPS) is 47.1. The third-order valence-corrected chi connectivity index (χ3v) is 9.27. The Morgan fingerprint density at radius 3 is 1.29 bits per heavy atom. The van der Waals surface area contributed by atoms with Crippen molar-refractivity contribution in [2.24, 2.45) is 5.92 Å². The Morgan fingerprint density at radius 1 is 0.423 bits per heavy atom. The first kappa shape index (κ1) is 45.5. The summed E-state index contributed by atoms with van der Waals surface area (Å²) in [6.07, 6.45) is -24.7. The zero-order valence-corrected chi connectivity index (χ0v) is 29.3. The molecule has 0 spiro atoms. The van der Waals surface area contributed by atoms with Gasteiger partial charge >= 0.3 is 0 Å². The molecular weight excluding hydrogens is 708 g/mol. The molecule has 0 saturated carbocycles. The van der Waals surface area contributed by atoms with Gasteiger partial charge in [-0.3, -0.25) is 0 Å². The number of aliphatic hydroxyl groups excluding tert-OH is 13. The monoisotopic (exact) mass is 766 g/mol. The summed E-state index contributed by atoms with van der Waals surface area (Å²) in [6.45, 7) is 3.80. The highest BCUT2D eigenvalue weighted by Crippen LogP contribution is 2.32. The van der Waals surface area contributed by atoms with Crippen LogP contribution in [0.4, 0.5) is 0 Å². The second-order valence-electron chi connectivity index (χ2n) is 13.2. The van der Waals surface area contributed by atoms with E-state index in [2.05, 4.69) is 0 Å². The largest absolute Gasteiger partial charge is 0.394 e. The number of rotatable bonds is 14. The molecule has 0 aromatic rings. The summed E-state index contributed by atoms with van der Waals surface area (Å²) < 4.78 is 43.4. The minimum absolute atomic E-state index is 0.177. The van der Waals surface area contributed by atoms with Crippen molar-refractivity contribution in [2.45, 2.75) is 150 Å². The van der Waals surface area contributed by atoms with Crippen LogP contribution in [0.5, 0.6) is 0 Å². The van der Waals surface area contributed by atoms with E-state index >= 15 is 0 Å². The minimum Gasteiger partial charge on any atom is -0.394 e. The van der Waals surface area contributed by atoms with Gasteiger partial charge in [0.1, 0.15) is 79.4 Å². The van der Waals surface area contributed by atoms with Gasteiger partial charge in [-0.1, -0.05) is 20.8 Å². The maximum Gasteiger partial charge on any atom is 0.187 e. The lowest BCUT2D eigenvalue weighted by molar-refractivity contribution is -0.363. The molecule has 0 unspecified atom stereocenters. The smallest absolute Gasteiger partial charge is 0.187 e. The summed E-state index contributed by atoms with van der Waals surface area (Å²) in [5, 5.41) is 129. The summed E-state index contributed by atoms with van der Waals surface area (Å²) >= 11 is 0. The highest BCUT2D eigenvalue weighted by molar-refractivity contribution is 4.95. The van der Waals surface area contributed by atoms with Gasteiger partial charge in [-0.2, -0.15) is 0 Å². The molecule has 20 atom stereocenters. The standard InChI is InChI=1S/C22H40O15.C9H18O6/c1-3-4-32-21-18(31)19(37-22-16(29)12(25)8(2)9(5-23)34-22)14(27)11(36-21)7-33-20-17(30)15(28)13(26)10(6-24)35-20;1-2-3-14-9-8(13)7(12)6(11)5(4-10)15-9/h8-31H,3-7H2,1-2H3;5-13H,2-4H2,1H3/t8-,9-,10-,11-,12+,13-,14-,15+,16+,17+,18+,19+,20+,21+,22-;5-,6-,7+,8+,9+/m11/s1. The highest BCUT2D eigenvalue weighted by atomic mass is 16.7. The number of aliphatic hydroxyl groups is 13. The fourth-order valence-corrected chi connectivity index (χ4v) is 5.95. The molecule has 0 bridgehead atoms. The first-order chi connectivity index (χ1) is 24.7. The predicted octanol–water partition coefficient (Wildman–Crippen LogP) is -6.65. The molecule has 308 valence electrons. The Bertz CT molecular complexity index is 994. The number of hydrogen-bond donors (Lipinski definition) is 13. The van der Waals surface area contributed by atoms with Crippen LogP contribution in [0.3, 0.4) is 0 Å². The molecule has 0 aromatic heterocycles. The van der Waals surface area contributed by atoms with E-state index in [-0.39, 0.29) is 6.61 Å². The van der Waals surface area contributed by atoms with E-state index in [0.29, 0.717) is 13.0 Å². The molecule has 21 nitrogen and oxygen atoms in total. The average Bonchev–Trinajstić information content (AvgIpc) is 3.14. The Morgan fingerprint density at radius 2 is 0.827 bits per heavy atom. The van der Waals surface area contributed by atoms with Crippen LogP contribution in [-0.2, 0) is 37.9 Å². The lowest BCUT2D eigenvalue weighted by Gasteiger charge is -2.47. The van der Waals surface area contributed by atoms with Crippen molar-refractivity contribution >= 4 is 0 Å². The topological polar surface area (TPSA) is 337 Å². The van der Waals surface area contributed by atoms with Gasteiger partial charge in [-0.25, -0.2) is 0 Å². The quantitative estimate of drug-likeness (QED) is 0.0781. The van der Waals surface area contributed by atoms with E-state index in [1.165, 1.54) is 0 Å². The van der Waals surface area contributed by atoms with Gasteiger partial charge in [-0.15, -0.1) is 0 Å². The summed E-state index contributed by atoms with van der Waals surface area (Å²) in [7, 11) is 0. The molecule has 21 heteroatoms. The first-order valence-electron chi connectivity index (χ1n) is 17.4. The van der Waals surface area contributed by atoms with E-state index in [1.54, 1.807) is 6.92 Å². The van der Waals surface area contributed by atoms with Crippen molar-refractivity contribution in [3.63, 3.8) is 0 Å². The van der Waals surface area contributed by atoms with Crippen LogP contribution in [0.2, 0.25) is 0 Å². The van der Waals surface area contributed by atoms with Crippen molar-refractivity contribution < 1.29 is 104 Å². The van der Waals surface area contributed by atoms with Crippen LogP contribution < -0.4 is 0 Å². The van der Waals surface area contributed by atoms with Crippen molar-refractivity contribution in [3.05, 3.63) is 0 Å². The highest BCUT2D eigenvalue weighted by Gasteiger charge is 2.52. The molecule has 0 aromatic carbocycles. The second kappa shape index (κ2) is 21.5. The van der Waals surface area contributed by atoms with E-state index in [9.17, 15) is 61.3 Å². The van der Waals surface area contributed by atoms with Gasteiger partial charge in [0, 0.05) is 19.1 Å². The van der Waals surface area contributed by atoms with Crippen molar-refractivity contribution in [3.8, 4) is 0 Å². The molecular formula is C31H58O21. The van der Waals surface area contributed by atoms with Gasteiger partial charge in [0.15, 0.2) is 25.2 Å². The van der Waals surface area contributed by atoms with Crippen LogP contribution in [0, 0.1) is 5.92 Å². The first-order valence-corrected chi connectivity index (χ1v) is 17.4. The summed E-state index contributed by atoms with van der Waals surface area (Å²) in [4.78, 5) is 0. The van der Waals surface area contributed by atoms with E-state index < -0.39 is 149 Å². The molecule has 52 heavy (non-hydrogen) atoms. The van der Waals surface area contributed by atoms with E-state index in [4.69, 9.17) is 43.0 Å². The average molecular weight is 767 g/mol. The van der Waals surface area contributed by atoms with Gasteiger partial charge < -0.3 is 104 Å². The van der Waals surface area contributed by atoms with Crippen molar-refractivity contribution in [1.29, 1.82) is 0 Å². The Hall–Kier alpha value is -0.840. The fourth-order valence-electron chi connectivity index (χ4n) is 5.95. The van der Waals surface area contributed by atoms with Crippen molar-refractivity contribution in [2.75, 3.05) is 39.6 Å². The van der Waals surface area contributed by atoms with Gasteiger partial charge in [-0.05, 0) is 12.8 Å². The van der Waals surface area contributed by atoms with E-state index in [0.717, 1.165) is 6.42 Å². The van der Waals surface area contributed by atoms with Crippen LogP contribution in [0.25, 0.3) is 0 Å². The molecule has 0 aliphatic carbocycles. The van der Waals surface area contributed by atoms with E-state index in [1.807, 2.05) is 13.8 Å². The fraction of sp³-hybridized carbons (Fsp3) is 1.00. The third-order valence-electron chi connectivity index (χ3n) is 9.27. The molecule has 4 heterocycles. The number of ether oxygens (including phenoxy) is 8. The minimum atomic E-state index is -1.69. The maximum absolute atomic E-state index is 11.0. The zero-order valence-electron chi connectivity index (χ0n) is 29.3. The molecule has 4 fully saturated rings. The third kappa shape index (κ3) is 10.9. The molecule has 4 aliphatic rings. The summed E-state index contributed by atoms with van der Waals surface area (Å²) in [6, 6.07) is 0. The molecule has 0 radical (unpaired) electrons. The second-order valence-corrected chi connectivity index (χ2v) is 13.2. The zero-order chi connectivity index (χ0) is 38.9. The van der Waals surface area contributed by atoms with Gasteiger partial charge in [0.2, 0.25) is 0 Å². The summed E-state index contributed by atoms with van der Waals surface area (Å²) in [5.41, 5.74) is 0. The predicted molar refractivity (Wildman–Crippen MR) is 168 cm³/mol. The van der Waals surface area contributed by atoms with Crippen LogP contribution in [-0.4, -0.2) is 223 Å². The van der Waals surface area contributed by atoms with Crippen LogP contribution in [0.15, 0.2) is 0 Å². The molecule has 13 N–H and O–H groups in total. The van der Waals surface area contributed by atoms with Crippen molar-refractivity contribution in [1.82, 2.24) is 0 Å². The Balaban J connectivity index is 0.000000406. The van der Waals surface area contributed by atoms with Crippen LogP contribution in [0.1, 0.15) is 33.6 Å².